The molecule has 0 fully saturated rings. The van der Waals surface area contributed by atoms with Gasteiger partial charge in [-0.2, -0.15) is 0 Å². The Bertz CT molecular complexity index is 160. The Balaban J connectivity index is -0.0000000605. The Morgan fingerprint density at radius 3 is 1.86 bits per heavy atom. The molecule has 0 amide bonds. The van der Waals surface area contributed by atoms with Gasteiger partial charge in [-0.1, -0.05) is 0 Å². The van der Waals surface area contributed by atoms with Crippen LogP contribution in [0.25, 0.3) is 0 Å². The monoisotopic (exact) mass is 262 g/mol. The topological polar surface area (TPSA) is 118 Å². The molecule has 0 bridgehead atoms. The summed E-state index contributed by atoms with van der Waals surface area (Å²) >= 11 is 0. The number of rotatable bonds is 5. The van der Waals surface area contributed by atoms with Gasteiger partial charge in [0.15, 0.2) is 6.29 Å². The third-order valence-corrected chi connectivity index (χ3v) is 1.42. The van der Waals surface area contributed by atoms with Gasteiger partial charge >= 0.3 is 89.1 Å². The average molecular weight is 262 g/mol. The van der Waals surface area contributed by atoms with E-state index in [9.17, 15) is 4.79 Å². The second-order valence-corrected chi connectivity index (χ2v) is 2.36. The minimum Gasteiger partial charge on any atom is -1.00 e. The first-order chi connectivity index (χ1) is 5.54. The van der Waals surface area contributed by atoms with Gasteiger partial charge in [-0.25, -0.2) is 0 Å². The van der Waals surface area contributed by atoms with Crippen molar-refractivity contribution in [3.63, 3.8) is 0 Å². The fourth-order valence-electron chi connectivity index (χ4n) is 0.618. The Labute approximate surface area is 158 Å². The summed E-state index contributed by atoms with van der Waals surface area (Å²) in [5, 5.41) is 43.5. The fraction of sp³-hybridized carbons (Fsp3) is 0.833. The van der Waals surface area contributed by atoms with Crippen LogP contribution in [-0.2, 0) is 4.79 Å². The van der Waals surface area contributed by atoms with Crippen molar-refractivity contribution < 1.29 is 86.0 Å². The SMILES string of the molecule is O=C[C@H](O)[C@@H](O)[C@H](O)[C@H](O)CO.[Ca+2].[H-].[H-].[H-].[K+]. The molecule has 0 aliphatic carbocycles. The molecule has 0 heterocycles. The predicted molar refractivity (Wildman–Crippen MR) is 46.3 cm³/mol. The van der Waals surface area contributed by atoms with Crippen molar-refractivity contribution in [1.82, 2.24) is 0 Å². The maximum absolute atomic E-state index is 9.90. The molecule has 0 radical (unpaired) electrons. The molecule has 0 unspecified atom stereocenters. The van der Waals surface area contributed by atoms with E-state index in [1.165, 1.54) is 0 Å². The summed E-state index contributed by atoms with van der Waals surface area (Å²) in [7, 11) is 0. The summed E-state index contributed by atoms with van der Waals surface area (Å²) in [6, 6.07) is 0. The number of carbonyl (C=O) groups is 1. The van der Waals surface area contributed by atoms with Crippen LogP contribution in [0, 0.1) is 0 Å². The number of aliphatic hydroxyl groups is 5. The van der Waals surface area contributed by atoms with Gasteiger partial charge in [0, 0.05) is 0 Å². The van der Waals surface area contributed by atoms with Crippen molar-refractivity contribution in [3.8, 4) is 0 Å². The summed E-state index contributed by atoms with van der Waals surface area (Å²) in [4.78, 5) is 9.90. The van der Waals surface area contributed by atoms with Crippen LogP contribution in [0.3, 0.4) is 0 Å². The van der Waals surface area contributed by atoms with E-state index < -0.39 is 31.0 Å². The zero-order valence-corrected chi connectivity index (χ0v) is 13.3. The first kappa shape index (κ1) is 21.6. The zero-order chi connectivity index (χ0) is 9.72. The summed E-state index contributed by atoms with van der Waals surface area (Å²) in [6.07, 6.45) is -6.84. The van der Waals surface area contributed by atoms with E-state index in [0.717, 1.165) is 0 Å². The maximum Gasteiger partial charge on any atom is 2.00 e. The van der Waals surface area contributed by atoms with Crippen molar-refractivity contribution in [3.05, 3.63) is 0 Å². The number of aliphatic hydroxyl groups excluding tert-OH is 5. The summed E-state index contributed by atoms with van der Waals surface area (Å²) in [5.41, 5.74) is 0. The van der Waals surface area contributed by atoms with E-state index in [-0.39, 0.29) is 99.7 Å². The van der Waals surface area contributed by atoms with Crippen molar-refractivity contribution in [1.29, 1.82) is 0 Å². The summed E-state index contributed by atoms with van der Waals surface area (Å²) in [6.45, 7) is -0.760. The van der Waals surface area contributed by atoms with Crippen LogP contribution < -0.4 is 51.4 Å². The molecule has 5 N–H and O–H groups in total. The minimum atomic E-state index is -1.79. The van der Waals surface area contributed by atoms with E-state index >= 15 is 0 Å². The molecule has 0 saturated carbocycles. The molecule has 0 aliphatic heterocycles. The standard InChI is InChI=1S/C6H12O6.Ca.K.3H/c7-1-3(9)5(11)6(12)4(10)2-8;;;;;/h1,3-6,8-12H,2H2;;;;;/q;+2;+1;3*-1/t3-,4+,5+,6+;;;;;/m0...../s1. The normalized spacial score (nSPS) is 18.1. The van der Waals surface area contributed by atoms with E-state index in [1.54, 1.807) is 0 Å². The van der Waals surface area contributed by atoms with Gasteiger partial charge in [-0.05, 0) is 0 Å². The molecule has 6 nitrogen and oxygen atoms in total. The number of hydrogen-bond donors (Lipinski definition) is 5. The third kappa shape index (κ3) is 7.61. The first-order valence-corrected chi connectivity index (χ1v) is 3.33. The number of aldehydes is 1. The van der Waals surface area contributed by atoms with Gasteiger partial charge in [0.05, 0.1) is 6.61 Å². The van der Waals surface area contributed by atoms with E-state index in [4.69, 9.17) is 25.5 Å². The molecule has 4 atom stereocenters. The average Bonchev–Trinajstić information content (AvgIpc) is 2.12. The zero-order valence-electron chi connectivity index (χ0n) is 10.9. The molecule has 0 saturated heterocycles. The summed E-state index contributed by atoms with van der Waals surface area (Å²) < 4.78 is 0. The minimum absolute atomic E-state index is 0. The Morgan fingerprint density at radius 1 is 1.14 bits per heavy atom. The first-order valence-electron chi connectivity index (χ1n) is 3.33. The van der Waals surface area contributed by atoms with Gasteiger partial charge in [0.1, 0.15) is 24.4 Å². The van der Waals surface area contributed by atoms with Crippen molar-refractivity contribution in [2.75, 3.05) is 6.61 Å². The predicted octanol–water partition coefficient (Wildman–Crippen LogP) is -6.42. The van der Waals surface area contributed by atoms with Crippen LogP contribution >= 0.6 is 0 Å². The van der Waals surface area contributed by atoms with E-state index in [0.29, 0.717) is 0 Å². The summed E-state index contributed by atoms with van der Waals surface area (Å²) in [5.74, 6) is 0. The van der Waals surface area contributed by atoms with Crippen molar-refractivity contribution in [2.24, 2.45) is 0 Å². The van der Waals surface area contributed by atoms with Crippen LogP contribution in [0.15, 0.2) is 0 Å². The van der Waals surface area contributed by atoms with Gasteiger partial charge in [-0.15, -0.1) is 0 Å². The van der Waals surface area contributed by atoms with Crippen LogP contribution in [0.5, 0.6) is 0 Å². The molecule has 0 rings (SSSR count). The van der Waals surface area contributed by atoms with Crippen LogP contribution in [0.1, 0.15) is 4.28 Å². The Morgan fingerprint density at radius 2 is 1.57 bits per heavy atom. The van der Waals surface area contributed by atoms with Crippen LogP contribution in [0.4, 0.5) is 0 Å². The maximum atomic E-state index is 9.90. The molecular weight excluding hydrogens is 247 g/mol. The smallest absolute Gasteiger partial charge is 1.00 e. The molecule has 14 heavy (non-hydrogen) atoms. The van der Waals surface area contributed by atoms with Crippen molar-refractivity contribution >= 4 is 44.0 Å². The van der Waals surface area contributed by atoms with E-state index in [1.807, 2.05) is 0 Å². The molecule has 0 aromatic rings. The Hall–Kier alpha value is 2.37. The van der Waals surface area contributed by atoms with Crippen molar-refractivity contribution in [2.45, 2.75) is 24.4 Å². The van der Waals surface area contributed by atoms with Gasteiger partial charge in [-0.3, -0.25) is 0 Å². The van der Waals surface area contributed by atoms with Gasteiger partial charge in [0.2, 0.25) is 0 Å². The quantitative estimate of drug-likeness (QED) is 0.248. The third-order valence-electron chi connectivity index (χ3n) is 1.42. The van der Waals surface area contributed by atoms with Gasteiger partial charge < -0.3 is 34.6 Å². The molecule has 0 aromatic heterocycles. The molecule has 78 valence electrons. The molecule has 0 aliphatic rings. The molecular formula is C6H15CaKO6. The number of carbonyl (C=O) groups excluding carboxylic acids is 1. The van der Waals surface area contributed by atoms with Crippen LogP contribution in [0.2, 0.25) is 0 Å². The second kappa shape index (κ2) is 11.8. The fourth-order valence-corrected chi connectivity index (χ4v) is 0.618. The van der Waals surface area contributed by atoms with Crippen LogP contribution in [-0.4, -0.2) is 101 Å². The molecule has 0 spiro atoms. The second-order valence-electron chi connectivity index (χ2n) is 2.36. The van der Waals surface area contributed by atoms with Gasteiger partial charge in [0.25, 0.3) is 0 Å². The Kier molecular flexibility index (Phi) is 18.3. The molecule has 0 aromatic carbocycles. The van der Waals surface area contributed by atoms with E-state index in [2.05, 4.69) is 0 Å². The largest absolute Gasteiger partial charge is 2.00 e. The molecule has 8 heteroatoms. The number of hydrogen-bond acceptors (Lipinski definition) is 6.